The van der Waals surface area contributed by atoms with E-state index in [4.69, 9.17) is 16.7 Å². The predicted octanol–water partition coefficient (Wildman–Crippen LogP) is -0.485. The molecule has 0 amide bonds. The molecule has 0 heterocycles. The van der Waals surface area contributed by atoms with Crippen LogP contribution in [0, 0.1) is 0 Å². The highest BCUT2D eigenvalue weighted by molar-refractivity contribution is 5.04. The van der Waals surface area contributed by atoms with Crippen molar-refractivity contribution in [3.8, 4) is 0 Å². The van der Waals surface area contributed by atoms with Crippen LogP contribution < -0.4 is 11.6 Å². The van der Waals surface area contributed by atoms with E-state index in [1.165, 1.54) is 7.05 Å². The molecule has 0 fully saturated rings. The maximum absolute atomic E-state index is 11.7. The molecule has 0 saturated carbocycles. The highest BCUT2D eigenvalue weighted by Crippen LogP contribution is 2.22. The molecule has 0 saturated heterocycles. The Kier molecular flexibility index (Phi) is 3.35. The fourth-order valence-electron chi connectivity index (χ4n) is 0.495. The quantitative estimate of drug-likeness (QED) is 0.401. The molecule has 0 aliphatic heterocycles. The van der Waals surface area contributed by atoms with Gasteiger partial charge in [0, 0.05) is 13.2 Å². The Labute approximate surface area is 67.2 Å². The van der Waals surface area contributed by atoms with E-state index in [-0.39, 0.29) is 0 Å². The first kappa shape index (κ1) is 11.1. The molecule has 1 unspecified atom stereocenters. The zero-order chi connectivity index (χ0) is 9.94. The minimum Gasteiger partial charge on any atom is -0.398 e. The van der Waals surface area contributed by atoms with Gasteiger partial charge in [-0.1, -0.05) is 0 Å². The maximum Gasteiger partial charge on any atom is 0.420 e. The van der Waals surface area contributed by atoms with Crippen molar-refractivity contribution in [2.45, 2.75) is 12.3 Å². The second kappa shape index (κ2) is 3.63. The van der Waals surface area contributed by atoms with Crippen LogP contribution in [0.4, 0.5) is 13.2 Å². The molecule has 1 atom stereocenters. The molecule has 12 heavy (non-hydrogen) atoms. The van der Waals surface area contributed by atoms with E-state index >= 15 is 0 Å². The van der Waals surface area contributed by atoms with Crippen LogP contribution in [0.25, 0.3) is 0 Å². The van der Waals surface area contributed by atoms with Crippen molar-refractivity contribution in [2.24, 2.45) is 11.6 Å². The van der Waals surface area contributed by atoms with E-state index in [0.29, 0.717) is 0 Å². The summed E-state index contributed by atoms with van der Waals surface area (Å²) >= 11 is 0. The summed E-state index contributed by atoms with van der Waals surface area (Å²) in [5, 5.41) is 9.33. The van der Waals surface area contributed by atoms with Crippen molar-refractivity contribution in [1.82, 2.24) is 5.01 Å². The minimum absolute atomic E-state index is 0.743. The summed E-state index contributed by atoms with van der Waals surface area (Å²) < 4.78 is 35.2. The van der Waals surface area contributed by atoms with Crippen molar-refractivity contribution < 1.29 is 18.3 Å². The van der Waals surface area contributed by atoms with Crippen LogP contribution in [-0.4, -0.2) is 29.4 Å². The SMILES string of the molecule is CN(N)/C=C(\N)C(O)C(F)(F)F. The van der Waals surface area contributed by atoms with Crippen LogP contribution in [0.2, 0.25) is 0 Å². The third-order valence-corrected chi connectivity index (χ3v) is 0.978. The number of aliphatic hydroxyl groups excluding tert-OH is 1. The van der Waals surface area contributed by atoms with E-state index in [0.717, 1.165) is 11.2 Å². The molecule has 5 N–H and O–H groups in total. The molecule has 0 aliphatic rings. The Hall–Kier alpha value is -0.950. The van der Waals surface area contributed by atoms with Crippen molar-refractivity contribution in [3.63, 3.8) is 0 Å². The lowest BCUT2D eigenvalue weighted by Crippen LogP contribution is -2.35. The van der Waals surface area contributed by atoms with Crippen LogP contribution in [0.5, 0.6) is 0 Å². The number of hydrogen-bond acceptors (Lipinski definition) is 4. The normalized spacial score (nSPS) is 16.0. The van der Waals surface area contributed by atoms with Gasteiger partial charge in [-0.3, -0.25) is 0 Å². The maximum atomic E-state index is 11.7. The molecule has 7 heteroatoms. The standard InChI is InChI=1S/C5H10F3N3O/c1-11(10)2-3(9)4(12)5(6,7)8/h2,4,12H,9-10H2,1H3/b3-2-. The number of rotatable bonds is 2. The summed E-state index contributed by atoms with van der Waals surface area (Å²) in [5.74, 6) is 4.97. The molecule has 0 aromatic carbocycles. The summed E-state index contributed by atoms with van der Waals surface area (Å²) in [7, 11) is 1.29. The van der Waals surface area contributed by atoms with Gasteiger partial charge in [-0.15, -0.1) is 0 Å². The van der Waals surface area contributed by atoms with Crippen molar-refractivity contribution in [2.75, 3.05) is 7.05 Å². The Morgan fingerprint density at radius 3 is 2.25 bits per heavy atom. The fraction of sp³-hybridized carbons (Fsp3) is 0.600. The third kappa shape index (κ3) is 3.44. The van der Waals surface area contributed by atoms with Crippen LogP contribution in [0.3, 0.4) is 0 Å². The second-order valence-corrected chi connectivity index (χ2v) is 2.24. The topological polar surface area (TPSA) is 75.5 Å². The number of hydrazine groups is 1. The van der Waals surface area contributed by atoms with Gasteiger partial charge in [0.1, 0.15) is 0 Å². The Balaban J connectivity index is 4.39. The van der Waals surface area contributed by atoms with Crippen molar-refractivity contribution in [1.29, 1.82) is 0 Å². The largest absolute Gasteiger partial charge is 0.420 e. The molecule has 0 aliphatic carbocycles. The summed E-state index contributed by atoms with van der Waals surface area (Å²) in [6.45, 7) is 0. The molecule has 0 bridgehead atoms. The highest BCUT2D eigenvalue weighted by Gasteiger charge is 2.40. The Morgan fingerprint density at radius 2 is 2.00 bits per heavy atom. The van der Waals surface area contributed by atoms with Crippen LogP contribution >= 0.6 is 0 Å². The number of halogens is 3. The lowest BCUT2D eigenvalue weighted by molar-refractivity contribution is -0.191. The van der Waals surface area contributed by atoms with Crippen LogP contribution in [-0.2, 0) is 0 Å². The van der Waals surface area contributed by atoms with Crippen LogP contribution in [0.1, 0.15) is 0 Å². The van der Waals surface area contributed by atoms with E-state index in [2.05, 4.69) is 0 Å². The first-order chi connectivity index (χ1) is 5.25. The molecule has 0 aromatic heterocycles. The van der Waals surface area contributed by atoms with Crippen molar-refractivity contribution >= 4 is 0 Å². The Morgan fingerprint density at radius 1 is 1.58 bits per heavy atom. The van der Waals surface area contributed by atoms with E-state index in [9.17, 15) is 13.2 Å². The lowest BCUT2D eigenvalue weighted by atomic mass is 10.3. The van der Waals surface area contributed by atoms with E-state index in [1.807, 2.05) is 0 Å². The molecule has 0 aromatic rings. The molecule has 72 valence electrons. The number of nitrogens with zero attached hydrogens (tertiary/aromatic N) is 1. The molecule has 0 rings (SSSR count). The third-order valence-electron chi connectivity index (χ3n) is 0.978. The number of nitrogens with two attached hydrogens (primary N) is 2. The fourth-order valence-corrected chi connectivity index (χ4v) is 0.495. The number of aliphatic hydroxyl groups is 1. The monoisotopic (exact) mass is 185 g/mol. The van der Waals surface area contributed by atoms with Crippen LogP contribution in [0.15, 0.2) is 11.9 Å². The van der Waals surface area contributed by atoms with E-state index in [1.54, 1.807) is 0 Å². The summed E-state index contributed by atoms with van der Waals surface area (Å²) in [5.41, 5.74) is 4.13. The van der Waals surface area contributed by atoms with Gasteiger partial charge >= 0.3 is 6.18 Å². The van der Waals surface area contributed by atoms with Gasteiger partial charge in [-0.05, 0) is 0 Å². The first-order valence-corrected chi connectivity index (χ1v) is 2.94. The number of alkyl halides is 3. The van der Waals surface area contributed by atoms with Gasteiger partial charge in [0.05, 0.1) is 5.70 Å². The summed E-state index contributed by atoms with van der Waals surface area (Å²) in [4.78, 5) is 0. The highest BCUT2D eigenvalue weighted by atomic mass is 19.4. The Bertz CT molecular complexity index is 177. The molecule has 4 nitrogen and oxygen atoms in total. The van der Waals surface area contributed by atoms with Gasteiger partial charge < -0.3 is 15.8 Å². The minimum atomic E-state index is -4.75. The molecule has 0 spiro atoms. The van der Waals surface area contributed by atoms with Gasteiger partial charge in [-0.25, -0.2) is 5.84 Å². The average Bonchev–Trinajstić information content (AvgIpc) is 1.82. The zero-order valence-corrected chi connectivity index (χ0v) is 6.34. The average molecular weight is 185 g/mol. The van der Waals surface area contributed by atoms with Crippen molar-refractivity contribution in [3.05, 3.63) is 11.9 Å². The lowest BCUT2D eigenvalue weighted by Gasteiger charge is -2.16. The predicted molar refractivity (Wildman–Crippen MR) is 36.3 cm³/mol. The summed E-state index contributed by atoms with van der Waals surface area (Å²) in [6.07, 6.45) is -6.63. The first-order valence-electron chi connectivity index (χ1n) is 2.94. The molecule has 0 radical (unpaired) electrons. The molecular weight excluding hydrogens is 175 g/mol. The zero-order valence-electron chi connectivity index (χ0n) is 6.34. The van der Waals surface area contributed by atoms with Gasteiger partial charge in [0.2, 0.25) is 0 Å². The van der Waals surface area contributed by atoms with E-state index < -0.39 is 18.0 Å². The smallest absolute Gasteiger partial charge is 0.398 e. The second-order valence-electron chi connectivity index (χ2n) is 2.24. The molecular formula is C5H10F3N3O. The van der Waals surface area contributed by atoms with Gasteiger partial charge in [-0.2, -0.15) is 13.2 Å². The van der Waals surface area contributed by atoms with Gasteiger partial charge in [0.25, 0.3) is 0 Å². The van der Waals surface area contributed by atoms with Gasteiger partial charge in [0.15, 0.2) is 6.10 Å². The number of hydrogen-bond donors (Lipinski definition) is 3. The summed E-state index contributed by atoms with van der Waals surface area (Å²) in [6, 6.07) is 0.